The van der Waals surface area contributed by atoms with Crippen molar-refractivity contribution in [1.82, 2.24) is 4.90 Å². The first-order valence-electron chi connectivity index (χ1n) is 10.1. The predicted molar refractivity (Wildman–Crippen MR) is 117 cm³/mol. The number of rotatable bonds is 8. The third-order valence-corrected chi connectivity index (χ3v) is 5.12. The minimum Gasteiger partial charge on any atom is -0.497 e. The summed E-state index contributed by atoms with van der Waals surface area (Å²) in [6, 6.07) is 15.4. The summed E-state index contributed by atoms with van der Waals surface area (Å²) in [6.07, 6.45) is 0.974. The highest BCUT2D eigenvalue weighted by Gasteiger charge is 2.14. The first kappa shape index (κ1) is 21.6. The molecule has 0 spiro atoms. The number of carbonyl (C=O) groups is 2. The Morgan fingerprint density at radius 3 is 2.37 bits per heavy atom. The zero-order chi connectivity index (χ0) is 21.3. The Labute approximate surface area is 177 Å². The van der Waals surface area contributed by atoms with Gasteiger partial charge in [0.15, 0.2) is 0 Å². The van der Waals surface area contributed by atoms with Gasteiger partial charge >= 0.3 is 0 Å². The number of methoxy groups -OCH3 is 1. The van der Waals surface area contributed by atoms with Crippen molar-refractivity contribution in [3.63, 3.8) is 0 Å². The minimum atomic E-state index is -0.214. The van der Waals surface area contributed by atoms with E-state index in [0.717, 1.165) is 49.0 Å². The Morgan fingerprint density at radius 1 is 1.07 bits per heavy atom. The van der Waals surface area contributed by atoms with Crippen LogP contribution in [-0.2, 0) is 20.7 Å². The highest BCUT2D eigenvalue weighted by atomic mass is 16.5. The van der Waals surface area contributed by atoms with Crippen molar-refractivity contribution < 1.29 is 19.1 Å². The van der Waals surface area contributed by atoms with Crippen LogP contribution in [0.2, 0.25) is 0 Å². The van der Waals surface area contributed by atoms with Gasteiger partial charge in [0, 0.05) is 37.9 Å². The highest BCUT2D eigenvalue weighted by Crippen LogP contribution is 2.19. The fraction of sp³-hybridized carbons (Fsp3) is 0.391. The van der Waals surface area contributed by atoms with Gasteiger partial charge in [-0.05, 0) is 48.4 Å². The lowest BCUT2D eigenvalue weighted by atomic mass is 10.1. The molecule has 1 heterocycles. The van der Waals surface area contributed by atoms with Gasteiger partial charge in [0.25, 0.3) is 0 Å². The maximum absolute atomic E-state index is 12.4. The Kier molecular flexibility index (Phi) is 7.68. The molecule has 2 aromatic carbocycles. The average molecular weight is 412 g/mol. The van der Waals surface area contributed by atoms with Crippen LogP contribution in [0.25, 0.3) is 0 Å². The monoisotopic (exact) mass is 411 g/mol. The summed E-state index contributed by atoms with van der Waals surface area (Å²) in [5.74, 6) is 0.509. The van der Waals surface area contributed by atoms with E-state index in [0.29, 0.717) is 12.8 Å². The third kappa shape index (κ3) is 6.22. The number of hydrogen-bond donors (Lipinski definition) is 1. The van der Waals surface area contributed by atoms with E-state index in [1.165, 1.54) is 4.90 Å². The van der Waals surface area contributed by atoms with E-state index in [4.69, 9.17) is 9.47 Å². The summed E-state index contributed by atoms with van der Waals surface area (Å²) in [6.45, 7) is 3.23. The van der Waals surface area contributed by atoms with Gasteiger partial charge in [-0.2, -0.15) is 0 Å². The molecule has 3 rings (SSSR count). The van der Waals surface area contributed by atoms with Crippen LogP contribution < -0.4 is 15.0 Å². The van der Waals surface area contributed by atoms with Crippen LogP contribution in [-0.4, -0.2) is 63.7 Å². The highest BCUT2D eigenvalue weighted by molar-refractivity contribution is 5.94. The molecule has 1 N–H and O–H groups in total. The van der Waals surface area contributed by atoms with Crippen molar-refractivity contribution >= 4 is 23.2 Å². The predicted octanol–water partition coefficient (Wildman–Crippen LogP) is 2.56. The standard InChI is InChI=1S/C23H29N3O4/c1-25(23(28)12-5-18-3-10-21(29-2)11-4-18)17-22(27)24-19-6-8-20(9-7-19)26-13-15-30-16-14-26/h3-4,6-11H,5,12-17H2,1-2H3,(H,24,27). The van der Waals surface area contributed by atoms with Crippen molar-refractivity contribution in [2.45, 2.75) is 12.8 Å². The molecule has 7 heteroatoms. The third-order valence-electron chi connectivity index (χ3n) is 5.12. The van der Waals surface area contributed by atoms with Crippen LogP contribution in [0.3, 0.4) is 0 Å². The molecule has 0 bridgehead atoms. The van der Waals surface area contributed by atoms with Gasteiger partial charge in [0.1, 0.15) is 5.75 Å². The normalized spacial score (nSPS) is 13.6. The molecule has 2 aromatic rings. The summed E-state index contributed by atoms with van der Waals surface area (Å²) in [5.41, 5.74) is 2.89. The van der Waals surface area contributed by atoms with E-state index >= 15 is 0 Å². The molecule has 0 saturated carbocycles. The number of nitrogens with zero attached hydrogens (tertiary/aromatic N) is 2. The van der Waals surface area contributed by atoms with E-state index in [1.807, 2.05) is 48.5 Å². The van der Waals surface area contributed by atoms with Crippen LogP contribution in [0.15, 0.2) is 48.5 Å². The van der Waals surface area contributed by atoms with Crippen LogP contribution in [0.4, 0.5) is 11.4 Å². The fourth-order valence-corrected chi connectivity index (χ4v) is 3.32. The van der Waals surface area contributed by atoms with E-state index in [1.54, 1.807) is 14.2 Å². The molecule has 0 atom stereocenters. The van der Waals surface area contributed by atoms with Gasteiger partial charge in [-0.15, -0.1) is 0 Å². The summed E-state index contributed by atoms with van der Waals surface area (Å²) < 4.78 is 10.5. The zero-order valence-corrected chi connectivity index (χ0v) is 17.6. The lowest BCUT2D eigenvalue weighted by molar-refractivity contribution is -0.133. The molecule has 160 valence electrons. The molecule has 1 aliphatic heterocycles. The van der Waals surface area contributed by atoms with Crippen molar-refractivity contribution in [2.75, 3.05) is 57.2 Å². The van der Waals surface area contributed by atoms with Gasteiger partial charge < -0.3 is 24.6 Å². The van der Waals surface area contributed by atoms with Crippen molar-refractivity contribution in [1.29, 1.82) is 0 Å². The molecule has 0 aromatic heterocycles. The summed E-state index contributed by atoms with van der Waals surface area (Å²) in [4.78, 5) is 28.4. The van der Waals surface area contributed by atoms with Gasteiger partial charge in [-0.1, -0.05) is 12.1 Å². The lowest BCUT2D eigenvalue weighted by Gasteiger charge is -2.28. The first-order valence-corrected chi connectivity index (χ1v) is 10.1. The quantitative estimate of drug-likeness (QED) is 0.723. The second-order valence-corrected chi connectivity index (χ2v) is 7.29. The first-order chi connectivity index (χ1) is 14.5. The summed E-state index contributed by atoms with van der Waals surface area (Å²) in [7, 11) is 3.27. The number of amides is 2. The SMILES string of the molecule is COc1ccc(CCC(=O)N(C)CC(=O)Nc2ccc(N3CCOCC3)cc2)cc1. The smallest absolute Gasteiger partial charge is 0.243 e. The van der Waals surface area contributed by atoms with E-state index < -0.39 is 0 Å². The second kappa shape index (κ2) is 10.6. The van der Waals surface area contributed by atoms with Crippen molar-refractivity contribution in [2.24, 2.45) is 0 Å². The van der Waals surface area contributed by atoms with Crippen molar-refractivity contribution in [3.8, 4) is 5.75 Å². The number of hydrogen-bond acceptors (Lipinski definition) is 5. The fourth-order valence-electron chi connectivity index (χ4n) is 3.32. The summed E-state index contributed by atoms with van der Waals surface area (Å²) >= 11 is 0. The zero-order valence-electron chi connectivity index (χ0n) is 17.6. The van der Waals surface area contributed by atoms with Crippen molar-refractivity contribution in [3.05, 3.63) is 54.1 Å². The van der Waals surface area contributed by atoms with Gasteiger partial charge in [-0.3, -0.25) is 9.59 Å². The van der Waals surface area contributed by atoms with Crippen LogP contribution in [0.5, 0.6) is 5.75 Å². The van der Waals surface area contributed by atoms with Crippen LogP contribution in [0.1, 0.15) is 12.0 Å². The molecule has 30 heavy (non-hydrogen) atoms. The maximum atomic E-state index is 12.4. The number of carbonyl (C=O) groups excluding carboxylic acids is 2. The topological polar surface area (TPSA) is 71.1 Å². The molecular formula is C23H29N3O4. The number of anilines is 2. The van der Waals surface area contributed by atoms with Gasteiger partial charge in [0.2, 0.25) is 11.8 Å². The van der Waals surface area contributed by atoms with E-state index in [9.17, 15) is 9.59 Å². The lowest BCUT2D eigenvalue weighted by Crippen LogP contribution is -2.36. The number of aryl methyl sites for hydroxylation is 1. The maximum Gasteiger partial charge on any atom is 0.243 e. The number of likely N-dealkylation sites (N-methyl/N-ethyl adjacent to an activating group) is 1. The minimum absolute atomic E-state index is 0.0205. The molecule has 0 unspecified atom stereocenters. The molecule has 1 aliphatic rings. The Morgan fingerprint density at radius 2 is 1.73 bits per heavy atom. The molecule has 0 aliphatic carbocycles. The van der Waals surface area contributed by atoms with Gasteiger partial charge in [-0.25, -0.2) is 0 Å². The Balaban J connectivity index is 1.43. The van der Waals surface area contributed by atoms with Crippen LogP contribution >= 0.6 is 0 Å². The molecule has 0 radical (unpaired) electrons. The number of morpholine rings is 1. The molecule has 1 saturated heterocycles. The van der Waals surface area contributed by atoms with Crippen LogP contribution in [0, 0.1) is 0 Å². The summed E-state index contributed by atoms with van der Waals surface area (Å²) in [5, 5.41) is 2.85. The molecule has 1 fully saturated rings. The Bertz CT molecular complexity index is 831. The average Bonchev–Trinajstić information content (AvgIpc) is 2.78. The van der Waals surface area contributed by atoms with Gasteiger partial charge in [0.05, 0.1) is 26.9 Å². The molecular weight excluding hydrogens is 382 g/mol. The van der Waals surface area contributed by atoms with E-state index in [-0.39, 0.29) is 18.4 Å². The molecule has 7 nitrogen and oxygen atoms in total. The number of benzene rings is 2. The Hall–Kier alpha value is -3.06. The largest absolute Gasteiger partial charge is 0.497 e. The number of nitrogens with one attached hydrogen (secondary N) is 1. The number of ether oxygens (including phenoxy) is 2. The second-order valence-electron chi connectivity index (χ2n) is 7.29. The molecule has 2 amide bonds. The van der Waals surface area contributed by atoms with E-state index in [2.05, 4.69) is 10.2 Å².